The minimum absolute atomic E-state index is 0.0804. The summed E-state index contributed by atoms with van der Waals surface area (Å²) in [6.07, 6.45) is 4.43. The highest BCUT2D eigenvalue weighted by Gasteiger charge is 2.15. The molecule has 4 aromatic rings. The molecule has 0 aliphatic heterocycles. The number of pyridine rings is 2. The summed E-state index contributed by atoms with van der Waals surface area (Å²) in [5, 5.41) is 3.80. The number of fused-ring (bicyclic) bond motifs is 1. The zero-order valence-electron chi connectivity index (χ0n) is 17.8. The topological polar surface area (TPSA) is 70.7 Å². The van der Waals surface area contributed by atoms with E-state index in [2.05, 4.69) is 58.4 Å². The molecule has 0 atom stereocenters. The van der Waals surface area contributed by atoms with Crippen LogP contribution in [0.5, 0.6) is 0 Å². The van der Waals surface area contributed by atoms with Crippen LogP contribution in [0.3, 0.4) is 0 Å². The lowest BCUT2D eigenvalue weighted by Crippen LogP contribution is -2.18. The van der Waals surface area contributed by atoms with Crippen LogP contribution in [-0.4, -0.2) is 27.9 Å². The van der Waals surface area contributed by atoms with E-state index in [0.717, 1.165) is 45.5 Å². The third-order valence-corrected chi connectivity index (χ3v) is 5.47. The van der Waals surface area contributed by atoms with E-state index in [4.69, 9.17) is 0 Å². The van der Waals surface area contributed by atoms with Crippen LogP contribution in [0, 0.1) is 0 Å². The maximum absolute atomic E-state index is 12.2. The number of rotatable bonds is 5. The Morgan fingerprint density at radius 3 is 2.63 bits per heavy atom. The van der Waals surface area contributed by atoms with Gasteiger partial charge in [-0.2, -0.15) is 0 Å². The van der Waals surface area contributed by atoms with E-state index >= 15 is 0 Å². The molecule has 5 nitrogen and oxygen atoms in total. The number of nitrogens with one attached hydrogen (secondary N) is 2. The van der Waals surface area contributed by atoms with Gasteiger partial charge < -0.3 is 10.3 Å². The second-order valence-electron chi connectivity index (χ2n) is 7.77. The number of hydrogen-bond donors (Lipinski definition) is 2. The summed E-state index contributed by atoms with van der Waals surface area (Å²) < 4.78 is 0. The Balaban J connectivity index is 1.72. The zero-order valence-corrected chi connectivity index (χ0v) is 17.8. The minimum Gasteiger partial charge on any atom is -0.358 e. The molecule has 4 rings (SSSR count). The van der Waals surface area contributed by atoms with Gasteiger partial charge in [0.15, 0.2) is 0 Å². The molecule has 0 saturated heterocycles. The van der Waals surface area contributed by atoms with Crippen LogP contribution in [0.15, 0.2) is 54.9 Å². The van der Waals surface area contributed by atoms with Gasteiger partial charge in [-0.25, -0.2) is 0 Å². The molecule has 3 heterocycles. The molecule has 0 aliphatic rings. The van der Waals surface area contributed by atoms with E-state index in [9.17, 15) is 4.79 Å². The molecule has 0 aliphatic carbocycles. The van der Waals surface area contributed by atoms with Gasteiger partial charge in [0.05, 0.1) is 16.8 Å². The number of aromatic nitrogens is 3. The summed E-state index contributed by atoms with van der Waals surface area (Å²) >= 11 is 0. The van der Waals surface area contributed by atoms with E-state index < -0.39 is 0 Å². The van der Waals surface area contributed by atoms with Crippen LogP contribution in [0.1, 0.15) is 48.3 Å². The molecular formula is C25H26N4O. The first-order valence-electron chi connectivity index (χ1n) is 10.3. The van der Waals surface area contributed by atoms with E-state index in [0.29, 0.717) is 11.5 Å². The number of carbonyl (C=O) groups is 1. The predicted octanol–water partition coefficient (Wildman–Crippen LogP) is 5.34. The average molecular weight is 399 g/mol. The summed E-state index contributed by atoms with van der Waals surface area (Å²) in [5.74, 6) is 0.394. The minimum atomic E-state index is -0.0804. The predicted molar refractivity (Wildman–Crippen MR) is 122 cm³/mol. The number of nitrogens with zero attached hydrogens (tertiary/aromatic N) is 2. The standard InChI is InChI=1S/C25H26N4O/c1-5-21-20(25(30)26-4)13-24(29-21)18-8-9-27-23(12-18)19-10-17-7-6-16(15(2)3)11-22(17)28-14-19/h6-15,29H,5H2,1-4H3,(H,26,30). The van der Waals surface area contributed by atoms with Crippen molar-refractivity contribution in [3.8, 4) is 22.5 Å². The third-order valence-electron chi connectivity index (χ3n) is 5.47. The maximum atomic E-state index is 12.2. The van der Waals surface area contributed by atoms with E-state index in [1.807, 2.05) is 31.3 Å². The van der Waals surface area contributed by atoms with Crippen molar-refractivity contribution in [3.05, 3.63) is 71.7 Å². The molecule has 0 bridgehead atoms. The number of carbonyl (C=O) groups excluding carboxylic acids is 1. The van der Waals surface area contributed by atoms with Gasteiger partial charge in [0.2, 0.25) is 0 Å². The molecule has 0 spiro atoms. The van der Waals surface area contributed by atoms with E-state index in [1.54, 1.807) is 13.2 Å². The SMILES string of the molecule is CCc1[nH]c(-c2ccnc(-c3cnc4cc(C(C)C)ccc4c3)c2)cc1C(=O)NC. The van der Waals surface area contributed by atoms with Gasteiger partial charge in [0, 0.05) is 47.3 Å². The van der Waals surface area contributed by atoms with E-state index in [-0.39, 0.29) is 5.91 Å². The Morgan fingerprint density at radius 1 is 1.07 bits per heavy atom. The van der Waals surface area contributed by atoms with Crippen LogP contribution in [0.2, 0.25) is 0 Å². The highest BCUT2D eigenvalue weighted by Crippen LogP contribution is 2.28. The lowest BCUT2D eigenvalue weighted by Gasteiger charge is -2.08. The molecule has 0 saturated carbocycles. The van der Waals surface area contributed by atoms with Gasteiger partial charge in [0.1, 0.15) is 0 Å². The zero-order chi connectivity index (χ0) is 21.3. The highest BCUT2D eigenvalue weighted by atomic mass is 16.1. The summed E-state index contributed by atoms with van der Waals surface area (Å²) in [7, 11) is 1.65. The van der Waals surface area contributed by atoms with Crippen molar-refractivity contribution < 1.29 is 4.79 Å². The number of benzene rings is 1. The van der Waals surface area contributed by atoms with Crippen molar-refractivity contribution in [3.63, 3.8) is 0 Å². The lowest BCUT2D eigenvalue weighted by molar-refractivity contribution is 0.0962. The largest absolute Gasteiger partial charge is 0.358 e. The Kier molecular flexibility index (Phi) is 5.36. The van der Waals surface area contributed by atoms with Gasteiger partial charge >= 0.3 is 0 Å². The van der Waals surface area contributed by atoms with Gasteiger partial charge in [-0.1, -0.05) is 32.9 Å². The molecule has 30 heavy (non-hydrogen) atoms. The van der Waals surface area contributed by atoms with Crippen molar-refractivity contribution in [2.24, 2.45) is 0 Å². The molecule has 5 heteroatoms. The number of aryl methyl sites for hydroxylation is 1. The first-order chi connectivity index (χ1) is 14.5. The summed E-state index contributed by atoms with van der Waals surface area (Å²) in [4.78, 5) is 24.8. The molecule has 152 valence electrons. The van der Waals surface area contributed by atoms with E-state index in [1.165, 1.54) is 5.56 Å². The summed E-state index contributed by atoms with van der Waals surface area (Å²) in [6.45, 7) is 6.40. The number of aromatic amines is 1. The summed E-state index contributed by atoms with van der Waals surface area (Å²) in [5.41, 5.74) is 7.60. The number of amides is 1. The molecule has 1 aromatic carbocycles. The molecule has 3 aromatic heterocycles. The van der Waals surface area contributed by atoms with Crippen LogP contribution in [0.25, 0.3) is 33.4 Å². The number of hydrogen-bond acceptors (Lipinski definition) is 3. The van der Waals surface area contributed by atoms with Crippen LogP contribution < -0.4 is 5.32 Å². The smallest absolute Gasteiger partial charge is 0.252 e. The molecule has 0 fully saturated rings. The Hall–Kier alpha value is -3.47. The van der Waals surface area contributed by atoms with Crippen molar-refractivity contribution in [1.82, 2.24) is 20.3 Å². The lowest BCUT2D eigenvalue weighted by atomic mass is 10.0. The molecule has 0 radical (unpaired) electrons. The first-order valence-corrected chi connectivity index (χ1v) is 10.3. The Bertz CT molecular complexity index is 1220. The second kappa shape index (κ2) is 8.11. The molecule has 1 amide bonds. The Morgan fingerprint density at radius 2 is 1.90 bits per heavy atom. The average Bonchev–Trinajstić information content (AvgIpc) is 3.22. The van der Waals surface area contributed by atoms with Crippen molar-refractivity contribution >= 4 is 16.8 Å². The van der Waals surface area contributed by atoms with Gasteiger partial charge in [0.25, 0.3) is 5.91 Å². The highest BCUT2D eigenvalue weighted by molar-refractivity contribution is 5.96. The van der Waals surface area contributed by atoms with Crippen molar-refractivity contribution in [1.29, 1.82) is 0 Å². The number of H-pyrrole nitrogens is 1. The first kappa shape index (κ1) is 19.8. The van der Waals surface area contributed by atoms with Gasteiger partial charge in [-0.05, 0) is 48.2 Å². The molecule has 0 unspecified atom stereocenters. The van der Waals surface area contributed by atoms with Crippen molar-refractivity contribution in [2.75, 3.05) is 7.05 Å². The fourth-order valence-corrected chi connectivity index (χ4v) is 3.66. The van der Waals surface area contributed by atoms with Gasteiger partial charge in [-0.15, -0.1) is 0 Å². The summed E-state index contributed by atoms with van der Waals surface area (Å²) in [6, 6.07) is 14.5. The third kappa shape index (κ3) is 3.71. The normalized spacial score (nSPS) is 11.2. The second-order valence-corrected chi connectivity index (χ2v) is 7.77. The Labute approximate surface area is 176 Å². The maximum Gasteiger partial charge on any atom is 0.252 e. The van der Waals surface area contributed by atoms with Crippen LogP contribution in [0.4, 0.5) is 0 Å². The van der Waals surface area contributed by atoms with Crippen LogP contribution in [-0.2, 0) is 6.42 Å². The quantitative estimate of drug-likeness (QED) is 0.477. The molecular weight excluding hydrogens is 372 g/mol. The molecule has 2 N–H and O–H groups in total. The fraction of sp³-hybridized carbons (Fsp3) is 0.240. The van der Waals surface area contributed by atoms with Crippen molar-refractivity contribution in [2.45, 2.75) is 33.1 Å². The van der Waals surface area contributed by atoms with Gasteiger partial charge in [-0.3, -0.25) is 14.8 Å². The fourth-order valence-electron chi connectivity index (χ4n) is 3.66. The van der Waals surface area contributed by atoms with Crippen LogP contribution >= 0.6 is 0 Å². The monoisotopic (exact) mass is 398 g/mol.